The Morgan fingerprint density at radius 3 is 2.69 bits per heavy atom. The molecular weight excluding hydrogens is 398 g/mol. The van der Waals surface area contributed by atoms with Crippen molar-refractivity contribution in [2.24, 2.45) is 10.9 Å². The zero-order valence-corrected chi connectivity index (χ0v) is 18.8. The first-order valence-electron chi connectivity index (χ1n) is 11.5. The normalized spacial score (nSPS) is 20.7. The van der Waals surface area contributed by atoms with Crippen LogP contribution >= 0.6 is 0 Å². The predicted octanol–water partition coefficient (Wildman–Crippen LogP) is 3.65. The Hall–Kier alpha value is -3.17. The van der Waals surface area contributed by atoms with Crippen LogP contribution in [-0.2, 0) is 11.3 Å². The molecule has 0 bridgehead atoms. The summed E-state index contributed by atoms with van der Waals surface area (Å²) >= 11 is 0. The van der Waals surface area contributed by atoms with Gasteiger partial charge in [-0.25, -0.2) is 0 Å². The fraction of sp³-hybridized carbons (Fsp3) is 0.423. The Morgan fingerprint density at radius 2 is 1.94 bits per heavy atom. The maximum atomic E-state index is 12.6. The molecule has 2 aromatic rings. The first-order chi connectivity index (χ1) is 15.5. The van der Waals surface area contributed by atoms with Crippen molar-refractivity contribution in [3.05, 3.63) is 58.1 Å². The van der Waals surface area contributed by atoms with Crippen LogP contribution in [0.2, 0.25) is 0 Å². The predicted molar refractivity (Wildman–Crippen MR) is 127 cm³/mol. The van der Waals surface area contributed by atoms with Gasteiger partial charge in [-0.1, -0.05) is 6.07 Å². The molecule has 1 N–H and O–H groups in total. The number of aryl methyl sites for hydroxylation is 2. The van der Waals surface area contributed by atoms with Gasteiger partial charge in [0.15, 0.2) is 0 Å². The monoisotopic (exact) mass is 427 g/mol. The van der Waals surface area contributed by atoms with Crippen LogP contribution in [0.3, 0.4) is 0 Å². The van der Waals surface area contributed by atoms with Crippen molar-refractivity contribution in [2.45, 2.75) is 33.2 Å². The van der Waals surface area contributed by atoms with Gasteiger partial charge in [0.25, 0.3) is 0 Å². The summed E-state index contributed by atoms with van der Waals surface area (Å²) in [6.45, 7) is 9.81. The van der Waals surface area contributed by atoms with E-state index in [1.807, 2.05) is 12.1 Å². The lowest BCUT2D eigenvalue weighted by molar-refractivity contribution is -0.118. The van der Waals surface area contributed by atoms with E-state index in [1.165, 1.54) is 16.8 Å². The molecule has 164 valence electrons. The Balaban J connectivity index is 1.29. The number of hydrogen-bond donors (Lipinski definition) is 1. The van der Waals surface area contributed by atoms with Gasteiger partial charge in [0, 0.05) is 50.5 Å². The number of nitriles is 1. The van der Waals surface area contributed by atoms with Crippen LogP contribution in [0.5, 0.6) is 0 Å². The molecule has 5 rings (SSSR count). The van der Waals surface area contributed by atoms with Crippen LogP contribution in [0.25, 0.3) is 0 Å². The second-order valence-corrected chi connectivity index (χ2v) is 9.16. The third-order valence-corrected chi connectivity index (χ3v) is 6.93. The van der Waals surface area contributed by atoms with Crippen LogP contribution in [-0.4, -0.2) is 49.2 Å². The van der Waals surface area contributed by atoms with E-state index < -0.39 is 0 Å². The summed E-state index contributed by atoms with van der Waals surface area (Å²) in [4.78, 5) is 22.2. The average molecular weight is 428 g/mol. The van der Waals surface area contributed by atoms with E-state index in [9.17, 15) is 4.79 Å². The molecule has 32 heavy (non-hydrogen) atoms. The average Bonchev–Trinajstić information content (AvgIpc) is 2.79. The highest BCUT2D eigenvalue weighted by molar-refractivity contribution is 6.23. The van der Waals surface area contributed by atoms with Crippen molar-refractivity contribution in [2.75, 3.05) is 42.9 Å². The van der Waals surface area contributed by atoms with Gasteiger partial charge in [-0.15, -0.1) is 0 Å². The van der Waals surface area contributed by atoms with E-state index in [2.05, 4.69) is 53.2 Å². The third-order valence-electron chi connectivity index (χ3n) is 6.93. The van der Waals surface area contributed by atoms with Crippen molar-refractivity contribution < 1.29 is 4.79 Å². The molecule has 1 atom stereocenters. The molecule has 3 heterocycles. The molecule has 0 spiro atoms. The molecule has 0 aromatic heterocycles. The molecule has 0 saturated carbocycles. The largest absolute Gasteiger partial charge is 0.369 e. The number of nitrogens with one attached hydrogen (secondary N) is 1. The molecule has 6 nitrogen and oxygen atoms in total. The van der Waals surface area contributed by atoms with E-state index in [4.69, 9.17) is 10.3 Å². The summed E-state index contributed by atoms with van der Waals surface area (Å²) in [5.41, 5.74) is 8.58. The third kappa shape index (κ3) is 3.78. The van der Waals surface area contributed by atoms with Crippen LogP contribution < -0.4 is 10.2 Å². The zero-order valence-electron chi connectivity index (χ0n) is 18.8. The molecule has 0 radical (unpaired) electrons. The maximum Gasteiger partial charge on any atom is 0.233 e. The van der Waals surface area contributed by atoms with Crippen LogP contribution in [0, 0.1) is 31.1 Å². The minimum atomic E-state index is -0.0837. The molecule has 6 heteroatoms. The number of rotatable bonds is 3. The van der Waals surface area contributed by atoms with Gasteiger partial charge >= 0.3 is 0 Å². The minimum absolute atomic E-state index is 0.0837. The summed E-state index contributed by atoms with van der Waals surface area (Å²) in [6.07, 6.45) is 1.89. The Labute approximate surface area is 189 Å². The highest BCUT2D eigenvalue weighted by Gasteiger charge is 2.34. The highest BCUT2D eigenvalue weighted by Crippen LogP contribution is 2.34. The first-order valence-corrected chi connectivity index (χ1v) is 11.5. The topological polar surface area (TPSA) is 71.7 Å². The van der Waals surface area contributed by atoms with Crippen molar-refractivity contribution in [1.29, 1.82) is 5.26 Å². The molecule has 1 fully saturated rings. The van der Waals surface area contributed by atoms with Crippen molar-refractivity contribution >= 4 is 23.0 Å². The number of hydrogen-bond acceptors (Lipinski definition) is 5. The van der Waals surface area contributed by atoms with E-state index in [-0.39, 0.29) is 11.8 Å². The summed E-state index contributed by atoms with van der Waals surface area (Å²) < 4.78 is 0. The molecular formula is C26H29N5O. The van der Waals surface area contributed by atoms with Gasteiger partial charge in [-0.3, -0.25) is 14.7 Å². The molecule has 0 aliphatic carbocycles. The Morgan fingerprint density at radius 1 is 1.12 bits per heavy atom. The standard InChI is InChI=1S/C26H29N5O/c1-17-12-19(15-27)5-6-23(17)31-10-8-30(9-11-31)16-20-13-18(2)24-22(14-20)29-26(32)21-4-3-7-28-25(21)24/h5-6,12-14,21H,3-4,7-11,16H2,1-2H3,(H,29,32). The molecule has 3 aliphatic rings. The lowest BCUT2D eigenvalue weighted by Gasteiger charge is -2.37. The number of fused-ring (bicyclic) bond motifs is 3. The van der Waals surface area contributed by atoms with Gasteiger partial charge in [0.05, 0.1) is 28.9 Å². The maximum absolute atomic E-state index is 12.6. The van der Waals surface area contributed by atoms with E-state index in [1.54, 1.807) is 0 Å². The fourth-order valence-electron chi connectivity index (χ4n) is 5.35. The summed E-state index contributed by atoms with van der Waals surface area (Å²) in [5, 5.41) is 12.3. The number of nitrogens with zero attached hydrogens (tertiary/aromatic N) is 4. The smallest absolute Gasteiger partial charge is 0.233 e. The van der Waals surface area contributed by atoms with Crippen LogP contribution in [0.15, 0.2) is 35.3 Å². The SMILES string of the molecule is Cc1cc(C#N)ccc1N1CCN(Cc2cc(C)c3c(c2)NC(=O)C2CCCN=C32)CC1. The lowest BCUT2D eigenvalue weighted by atomic mass is 9.83. The van der Waals surface area contributed by atoms with Gasteiger partial charge in [0.2, 0.25) is 5.91 Å². The lowest BCUT2D eigenvalue weighted by Crippen LogP contribution is -2.46. The van der Waals surface area contributed by atoms with E-state index in [0.717, 1.165) is 74.6 Å². The Kier molecular flexibility index (Phi) is 5.44. The summed E-state index contributed by atoms with van der Waals surface area (Å²) in [7, 11) is 0. The number of piperazine rings is 1. The number of aliphatic imine (C=N–C) groups is 1. The summed E-state index contributed by atoms with van der Waals surface area (Å²) in [5.74, 6) is 0.0125. The van der Waals surface area contributed by atoms with Crippen molar-refractivity contribution in [1.82, 2.24) is 4.90 Å². The van der Waals surface area contributed by atoms with Gasteiger partial charge in [0.1, 0.15) is 0 Å². The number of carbonyl (C=O) groups is 1. The van der Waals surface area contributed by atoms with Gasteiger partial charge in [-0.2, -0.15) is 5.26 Å². The second kappa shape index (κ2) is 8.40. The van der Waals surface area contributed by atoms with E-state index >= 15 is 0 Å². The molecule has 1 unspecified atom stereocenters. The number of carbonyl (C=O) groups excluding carboxylic acids is 1. The molecule has 3 aliphatic heterocycles. The fourth-order valence-corrected chi connectivity index (χ4v) is 5.35. The zero-order chi connectivity index (χ0) is 22.2. The quantitative estimate of drug-likeness (QED) is 0.812. The number of anilines is 2. The van der Waals surface area contributed by atoms with Crippen LogP contribution in [0.1, 0.15) is 40.7 Å². The van der Waals surface area contributed by atoms with Crippen molar-refractivity contribution in [3.8, 4) is 6.07 Å². The van der Waals surface area contributed by atoms with Crippen molar-refractivity contribution in [3.63, 3.8) is 0 Å². The Bertz CT molecular complexity index is 1140. The molecule has 2 aromatic carbocycles. The van der Waals surface area contributed by atoms with Gasteiger partial charge in [-0.05, 0) is 67.6 Å². The molecule has 1 amide bonds. The number of amides is 1. The minimum Gasteiger partial charge on any atom is -0.369 e. The van der Waals surface area contributed by atoms with Gasteiger partial charge < -0.3 is 10.2 Å². The summed E-state index contributed by atoms with van der Waals surface area (Å²) in [6, 6.07) is 12.6. The first kappa shape index (κ1) is 20.7. The number of benzene rings is 2. The second-order valence-electron chi connectivity index (χ2n) is 9.16. The van der Waals surface area contributed by atoms with E-state index in [0.29, 0.717) is 5.56 Å². The molecule has 1 saturated heterocycles. The van der Waals surface area contributed by atoms with Crippen LogP contribution in [0.4, 0.5) is 11.4 Å². The highest BCUT2D eigenvalue weighted by atomic mass is 16.2.